The van der Waals surface area contributed by atoms with E-state index < -0.39 is 0 Å². The van der Waals surface area contributed by atoms with Crippen molar-refractivity contribution in [3.63, 3.8) is 0 Å². The van der Waals surface area contributed by atoms with Crippen LogP contribution in [0.5, 0.6) is 0 Å². The molecule has 2 unspecified atom stereocenters. The van der Waals surface area contributed by atoms with Crippen LogP contribution in [0, 0.1) is 0 Å². The summed E-state index contributed by atoms with van der Waals surface area (Å²) < 4.78 is 5.56. The van der Waals surface area contributed by atoms with E-state index in [9.17, 15) is 4.79 Å². The van der Waals surface area contributed by atoms with Crippen LogP contribution in [0.25, 0.3) is 0 Å². The van der Waals surface area contributed by atoms with Crippen molar-refractivity contribution in [3.05, 3.63) is 11.1 Å². The molecule has 1 aromatic heterocycles. The summed E-state index contributed by atoms with van der Waals surface area (Å²) in [6.07, 6.45) is 3.74. The molecule has 1 aliphatic rings. The molecule has 0 spiro atoms. The molecule has 1 amide bonds. The minimum atomic E-state index is -0.00934. The minimum Gasteiger partial charge on any atom is -0.378 e. The second-order valence-corrected chi connectivity index (χ2v) is 5.69. The lowest BCUT2D eigenvalue weighted by molar-refractivity contribution is -0.119. The topological polar surface area (TPSA) is 63.2 Å². The molecule has 1 fully saturated rings. The molecule has 0 aromatic carbocycles. The van der Waals surface area contributed by atoms with E-state index in [1.165, 1.54) is 11.3 Å². The van der Waals surface area contributed by atoms with Crippen molar-refractivity contribution >= 4 is 22.4 Å². The predicted octanol–water partition coefficient (Wildman–Crippen LogP) is 2.32. The molecule has 106 valence electrons. The SMILES string of the molecule is CNC(C)c1csc(NC(=O)CC2CCCCO2)n1. The van der Waals surface area contributed by atoms with E-state index in [4.69, 9.17) is 4.74 Å². The van der Waals surface area contributed by atoms with Gasteiger partial charge in [0.05, 0.1) is 18.2 Å². The van der Waals surface area contributed by atoms with Crippen molar-refractivity contribution in [2.75, 3.05) is 19.0 Å². The van der Waals surface area contributed by atoms with Gasteiger partial charge in [0, 0.05) is 18.0 Å². The number of nitrogens with zero attached hydrogens (tertiary/aromatic N) is 1. The average Bonchev–Trinajstić information content (AvgIpc) is 2.87. The van der Waals surface area contributed by atoms with E-state index >= 15 is 0 Å². The van der Waals surface area contributed by atoms with Gasteiger partial charge in [-0.3, -0.25) is 4.79 Å². The second-order valence-electron chi connectivity index (χ2n) is 4.83. The summed E-state index contributed by atoms with van der Waals surface area (Å²) in [6, 6.07) is 0.198. The quantitative estimate of drug-likeness (QED) is 0.870. The highest BCUT2D eigenvalue weighted by molar-refractivity contribution is 7.13. The van der Waals surface area contributed by atoms with Gasteiger partial charge in [0.2, 0.25) is 5.91 Å². The molecule has 1 aromatic rings. The fourth-order valence-corrected chi connectivity index (χ4v) is 2.86. The minimum absolute atomic E-state index is 0.00934. The summed E-state index contributed by atoms with van der Waals surface area (Å²) in [7, 11) is 1.89. The summed E-state index contributed by atoms with van der Waals surface area (Å²) in [5, 5.41) is 8.61. The fourth-order valence-electron chi connectivity index (χ4n) is 2.04. The van der Waals surface area contributed by atoms with Crippen LogP contribution in [0.3, 0.4) is 0 Å². The molecule has 6 heteroatoms. The first kappa shape index (κ1) is 14.4. The third kappa shape index (κ3) is 4.26. The highest BCUT2D eigenvalue weighted by Crippen LogP contribution is 2.21. The summed E-state index contributed by atoms with van der Waals surface area (Å²) in [5.74, 6) is -0.00934. The van der Waals surface area contributed by atoms with Gasteiger partial charge < -0.3 is 15.4 Å². The highest BCUT2D eigenvalue weighted by Gasteiger charge is 2.18. The highest BCUT2D eigenvalue weighted by atomic mass is 32.1. The van der Waals surface area contributed by atoms with E-state index in [1.807, 2.05) is 19.4 Å². The number of rotatable bonds is 5. The third-order valence-electron chi connectivity index (χ3n) is 3.33. The number of carbonyl (C=O) groups excluding carboxylic acids is 1. The Labute approximate surface area is 117 Å². The van der Waals surface area contributed by atoms with Gasteiger partial charge in [-0.1, -0.05) is 0 Å². The Morgan fingerprint density at radius 1 is 1.63 bits per heavy atom. The molecule has 5 nitrogen and oxygen atoms in total. The Hall–Kier alpha value is -0.980. The Morgan fingerprint density at radius 3 is 3.16 bits per heavy atom. The maximum absolute atomic E-state index is 11.9. The van der Waals surface area contributed by atoms with Crippen molar-refractivity contribution in [1.29, 1.82) is 0 Å². The maximum Gasteiger partial charge on any atom is 0.228 e. The Morgan fingerprint density at radius 2 is 2.47 bits per heavy atom. The Bertz CT molecular complexity index is 416. The number of ether oxygens (including phenoxy) is 1. The first-order valence-electron chi connectivity index (χ1n) is 6.73. The van der Waals surface area contributed by atoms with Crippen LogP contribution < -0.4 is 10.6 Å². The van der Waals surface area contributed by atoms with Crippen LogP contribution in [0.1, 0.15) is 44.3 Å². The van der Waals surface area contributed by atoms with Gasteiger partial charge >= 0.3 is 0 Å². The predicted molar refractivity (Wildman–Crippen MR) is 76.4 cm³/mol. The first-order chi connectivity index (χ1) is 9.19. The van der Waals surface area contributed by atoms with Crippen LogP contribution >= 0.6 is 11.3 Å². The van der Waals surface area contributed by atoms with E-state index in [0.29, 0.717) is 11.6 Å². The van der Waals surface area contributed by atoms with E-state index in [-0.39, 0.29) is 18.1 Å². The van der Waals surface area contributed by atoms with Gasteiger partial charge in [-0.2, -0.15) is 0 Å². The number of aromatic nitrogens is 1. The van der Waals surface area contributed by atoms with Gasteiger partial charge in [0.15, 0.2) is 5.13 Å². The molecule has 0 bridgehead atoms. The van der Waals surface area contributed by atoms with Crippen molar-refractivity contribution in [1.82, 2.24) is 10.3 Å². The molecule has 2 rings (SSSR count). The molecular weight excluding hydrogens is 262 g/mol. The summed E-state index contributed by atoms with van der Waals surface area (Å²) in [5.41, 5.74) is 0.955. The van der Waals surface area contributed by atoms with E-state index in [2.05, 4.69) is 15.6 Å². The van der Waals surface area contributed by atoms with Crippen molar-refractivity contribution < 1.29 is 9.53 Å². The lowest BCUT2D eigenvalue weighted by Crippen LogP contribution is -2.25. The Balaban J connectivity index is 1.82. The van der Waals surface area contributed by atoms with Crippen molar-refractivity contribution in [3.8, 4) is 0 Å². The monoisotopic (exact) mass is 283 g/mol. The molecule has 19 heavy (non-hydrogen) atoms. The van der Waals surface area contributed by atoms with Gasteiger partial charge in [-0.05, 0) is 33.2 Å². The molecule has 2 N–H and O–H groups in total. The van der Waals surface area contributed by atoms with Gasteiger partial charge in [-0.15, -0.1) is 11.3 Å². The maximum atomic E-state index is 11.9. The van der Waals surface area contributed by atoms with Gasteiger partial charge in [-0.25, -0.2) is 4.98 Å². The normalized spacial score (nSPS) is 21.1. The smallest absolute Gasteiger partial charge is 0.228 e. The number of carbonyl (C=O) groups is 1. The lowest BCUT2D eigenvalue weighted by Gasteiger charge is -2.21. The molecular formula is C13H21N3O2S. The number of hydrogen-bond acceptors (Lipinski definition) is 5. The van der Waals surface area contributed by atoms with E-state index in [0.717, 1.165) is 31.6 Å². The lowest BCUT2D eigenvalue weighted by atomic mass is 10.1. The number of anilines is 1. The van der Waals surface area contributed by atoms with Crippen LogP contribution in [0.2, 0.25) is 0 Å². The van der Waals surface area contributed by atoms with Gasteiger partial charge in [0.1, 0.15) is 0 Å². The third-order valence-corrected chi connectivity index (χ3v) is 4.11. The van der Waals surface area contributed by atoms with Gasteiger partial charge in [0.25, 0.3) is 0 Å². The first-order valence-corrected chi connectivity index (χ1v) is 7.61. The molecule has 0 radical (unpaired) electrons. The second kappa shape index (κ2) is 6.98. The Kier molecular flexibility index (Phi) is 5.30. The number of nitrogens with one attached hydrogen (secondary N) is 2. The summed E-state index contributed by atoms with van der Waals surface area (Å²) in [4.78, 5) is 16.3. The van der Waals surface area contributed by atoms with Crippen LogP contribution in [0.4, 0.5) is 5.13 Å². The molecule has 0 aliphatic carbocycles. The molecule has 2 heterocycles. The van der Waals surface area contributed by atoms with Crippen molar-refractivity contribution in [2.24, 2.45) is 0 Å². The molecule has 1 aliphatic heterocycles. The van der Waals surface area contributed by atoms with Crippen molar-refractivity contribution in [2.45, 2.75) is 44.8 Å². The molecule has 1 saturated heterocycles. The van der Waals surface area contributed by atoms with Crippen LogP contribution in [0.15, 0.2) is 5.38 Å². The zero-order chi connectivity index (χ0) is 13.7. The molecule has 2 atom stereocenters. The zero-order valence-corrected chi connectivity index (χ0v) is 12.3. The number of hydrogen-bond donors (Lipinski definition) is 2. The van der Waals surface area contributed by atoms with Crippen LogP contribution in [-0.2, 0) is 9.53 Å². The summed E-state index contributed by atoms with van der Waals surface area (Å²) in [6.45, 7) is 2.82. The average molecular weight is 283 g/mol. The zero-order valence-electron chi connectivity index (χ0n) is 11.4. The fraction of sp³-hybridized carbons (Fsp3) is 0.692. The molecule has 0 saturated carbocycles. The summed E-state index contributed by atoms with van der Waals surface area (Å²) >= 11 is 1.46. The van der Waals surface area contributed by atoms with E-state index in [1.54, 1.807) is 0 Å². The standard InChI is InChI=1S/C13H21N3O2S/c1-9(14-2)11-8-19-13(15-11)16-12(17)7-10-5-3-4-6-18-10/h8-10,14H,3-7H2,1-2H3,(H,15,16,17). The number of amides is 1. The van der Waals surface area contributed by atoms with Crippen LogP contribution in [-0.4, -0.2) is 30.6 Å². The largest absolute Gasteiger partial charge is 0.378 e. The number of thiazole rings is 1.